The van der Waals surface area contributed by atoms with Gasteiger partial charge in [-0.05, 0) is 23.2 Å². The second-order valence-corrected chi connectivity index (χ2v) is 3.23. The normalized spacial score (nSPS) is 9.75. The Balaban J connectivity index is 2.58. The van der Waals surface area contributed by atoms with E-state index in [1.807, 2.05) is 6.08 Å². The molecule has 0 fully saturated rings. The molecule has 1 rings (SSSR count). The minimum absolute atomic E-state index is 0.897. The van der Waals surface area contributed by atoms with Crippen molar-refractivity contribution < 1.29 is 4.18 Å². The number of hydrogen-bond donors (Lipinski definition) is 0. The largest absolute Gasteiger partial charge is 0.318 e. The van der Waals surface area contributed by atoms with Gasteiger partial charge in [0.05, 0.1) is 7.11 Å². The van der Waals surface area contributed by atoms with Gasteiger partial charge in [0.1, 0.15) is 0 Å². The van der Waals surface area contributed by atoms with Crippen LogP contribution in [0, 0.1) is 0 Å². The molecule has 1 aromatic carbocycles. The fourth-order valence-electron chi connectivity index (χ4n) is 0.877. The zero-order valence-electron chi connectivity index (χ0n) is 7.12. The van der Waals surface area contributed by atoms with Crippen LogP contribution in [0.5, 0.6) is 0 Å². The Morgan fingerprint density at radius 3 is 2.58 bits per heavy atom. The topological polar surface area (TPSA) is 9.23 Å². The highest BCUT2D eigenvalue weighted by Crippen LogP contribution is 2.13. The first-order valence-corrected chi connectivity index (χ1v) is 4.65. The quantitative estimate of drug-likeness (QED) is 0.658. The van der Waals surface area contributed by atoms with Crippen LogP contribution in [0.4, 0.5) is 0 Å². The second-order valence-electron chi connectivity index (χ2n) is 2.37. The maximum Gasteiger partial charge on any atom is 0.0503 e. The van der Waals surface area contributed by atoms with Crippen molar-refractivity contribution in [1.29, 1.82) is 0 Å². The summed E-state index contributed by atoms with van der Waals surface area (Å²) in [6.07, 6.45) is 1.84. The molecule has 64 valence electrons. The van der Waals surface area contributed by atoms with Gasteiger partial charge in [0, 0.05) is 5.75 Å². The summed E-state index contributed by atoms with van der Waals surface area (Å²) in [5.74, 6) is 0.897. The van der Waals surface area contributed by atoms with E-state index in [4.69, 9.17) is 4.18 Å². The SMILES string of the molecule is C=Cc1ccc(CSOC)cc1. The van der Waals surface area contributed by atoms with E-state index in [0.717, 1.165) is 11.3 Å². The smallest absolute Gasteiger partial charge is 0.0503 e. The Hall–Kier alpha value is -0.730. The van der Waals surface area contributed by atoms with Crippen molar-refractivity contribution in [2.75, 3.05) is 7.11 Å². The van der Waals surface area contributed by atoms with Crippen LogP contribution < -0.4 is 0 Å². The monoisotopic (exact) mass is 180 g/mol. The standard InChI is InChI=1S/C10H12OS/c1-3-9-4-6-10(7-5-9)8-12-11-2/h3-7H,1,8H2,2H3. The van der Waals surface area contributed by atoms with Gasteiger partial charge >= 0.3 is 0 Å². The van der Waals surface area contributed by atoms with Gasteiger partial charge in [-0.15, -0.1) is 0 Å². The molecule has 0 saturated carbocycles. The zero-order chi connectivity index (χ0) is 8.81. The summed E-state index contributed by atoms with van der Waals surface area (Å²) in [4.78, 5) is 0. The first kappa shape index (κ1) is 9.36. The van der Waals surface area contributed by atoms with Gasteiger partial charge in [0.25, 0.3) is 0 Å². The number of benzene rings is 1. The first-order chi connectivity index (χ1) is 5.86. The summed E-state index contributed by atoms with van der Waals surface area (Å²) in [6.45, 7) is 3.69. The van der Waals surface area contributed by atoms with Crippen LogP contribution >= 0.6 is 12.0 Å². The minimum atomic E-state index is 0.897. The molecule has 0 amide bonds. The molecule has 2 heteroatoms. The lowest BCUT2D eigenvalue weighted by Crippen LogP contribution is -1.80. The van der Waals surface area contributed by atoms with Gasteiger partial charge in [-0.2, -0.15) is 0 Å². The third-order valence-electron chi connectivity index (χ3n) is 1.56. The van der Waals surface area contributed by atoms with E-state index in [1.165, 1.54) is 17.6 Å². The molecule has 0 spiro atoms. The lowest BCUT2D eigenvalue weighted by molar-refractivity contribution is 0.489. The molecule has 0 aliphatic heterocycles. The average Bonchev–Trinajstić information content (AvgIpc) is 2.15. The Morgan fingerprint density at radius 2 is 2.08 bits per heavy atom. The summed E-state index contributed by atoms with van der Waals surface area (Å²) in [5.41, 5.74) is 2.42. The van der Waals surface area contributed by atoms with Crippen LogP contribution in [0.25, 0.3) is 6.08 Å². The van der Waals surface area contributed by atoms with Crippen molar-refractivity contribution in [3.63, 3.8) is 0 Å². The fourth-order valence-corrected chi connectivity index (χ4v) is 1.32. The summed E-state index contributed by atoms with van der Waals surface area (Å²) in [6, 6.07) is 8.28. The van der Waals surface area contributed by atoms with Crippen molar-refractivity contribution in [3.05, 3.63) is 42.0 Å². The molecule has 1 nitrogen and oxygen atoms in total. The van der Waals surface area contributed by atoms with Crippen LogP contribution in [0.2, 0.25) is 0 Å². The van der Waals surface area contributed by atoms with Gasteiger partial charge < -0.3 is 4.18 Å². The molecular formula is C10H12OS. The second kappa shape index (κ2) is 5.01. The average molecular weight is 180 g/mol. The molecule has 0 radical (unpaired) electrons. The molecule has 0 N–H and O–H groups in total. The summed E-state index contributed by atoms with van der Waals surface area (Å²) < 4.78 is 4.90. The molecule has 0 aliphatic carbocycles. The molecule has 1 aromatic rings. The highest BCUT2D eigenvalue weighted by Gasteiger charge is 1.91. The van der Waals surface area contributed by atoms with E-state index in [2.05, 4.69) is 30.8 Å². The predicted octanol–water partition coefficient (Wildman–Crippen LogP) is 3.12. The van der Waals surface area contributed by atoms with Crippen LogP contribution in [0.15, 0.2) is 30.8 Å². The van der Waals surface area contributed by atoms with Crippen LogP contribution in [-0.4, -0.2) is 7.11 Å². The third kappa shape index (κ3) is 2.72. The molecule has 0 atom stereocenters. The Bertz CT molecular complexity index is 241. The van der Waals surface area contributed by atoms with Crippen molar-refractivity contribution in [2.24, 2.45) is 0 Å². The van der Waals surface area contributed by atoms with E-state index < -0.39 is 0 Å². The lowest BCUT2D eigenvalue weighted by atomic mass is 10.1. The zero-order valence-corrected chi connectivity index (χ0v) is 7.93. The van der Waals surface area contributed by atoms with Gasteiger partial charge in [0.15, 0.2) is 0 Å². The fraction of sp³-hybridized carbons (Fsp3) is 0.200. The molecule has 0 unspecified atom stereocenters. The van der Waals surface area contributed by atoms with Gasteiger partial charge in [0.2, 0.25) is 0 Å². The van der Waals surface area contributed by atoms with Crippen molar-refractivity contribution >= 4 is 18.1 Å². The molecule has 12 heavy (non-hydrogen) atoms. The highest BCUT2D eigenvalue weighted by atomic mass is 32.2. The number of rotatable bonds is 4. The minimum Gasteiger partial charge on any atom is -0.318 e. The van der Waals surface area contributed by atoms with E-state index in [-0.39, 0.29) is 0 Å². The lowest BCUT2D eigenvalue weighted by Gasteiger charge is -1.99. The van der Waals surface area contributed by atoms with E-state index >= 15 is 0 Å². The predicted molar refractivity (Wildman–Crippen MR) is 54.8 cm³/mol. The van der Waals surface area contributed by atoms with E-state index in [0.29, 0.717) is 0 Å². The molecule has 0 saturated heterocycles. The molecule has 0 aliphatic rings. The van der Waals surface area contributed by atoms with Gasteiger partial charge in [-0.25, -0.2) is 0 Å². The van der Waals surface area contributed by atoms with Crippen LogP contribution in [-0.2, 0) is 9.94 Å². The Kier molecular flexibility index (Phi) is 3.91. The van der Waals surface area contributed by atoms with Crippen molar-refractivity contribution in [1.82, 2.24) is 0 Å². The third-order valence-corrected chi connectivity index (χ3v) is 2.25. The van der Waals surface area contributed by atoms with Crippen LogP contribution in [0.1, 0.15) is 11.1 Å². The molecule has 0 aromatic heterocycles. The van der Waals surface area contributed by atoms with Crippen molar-refractivity contribution in [2.45, 2.75) is 5.75 Å². The van der Waals surface area contributed by atoms with E-state index in [9.17, 15) is 0 Å². The maximum absolute atomic E-state index is 4.90. The molecule has 0 bridgehead atoms. The summed E-state index contributed by atoms with van der Waals surface area (Å²) in [7, 11) is 1.68. The summed E-state index contributed by atoms with van der Waals surface area (Å²) >= 11 is 1.45. The number of hydrogen-bond acceptors (Lipinski definition) is 2. The van der Waals surface area contributed by atoms with Crippen molar-refractivity contribution in [3.8, 4) is 0 Å². The Morgan fingerprint density at radius 1 is 1.42 bits per heavy atom. The Labute approximate surface area is 77.6 Å². The van der Waals surface area contributed by atoms with Gasteiger partial charge in [-0.3, -0.25) is 0 Å². The highest BCUT2D eigenvalue weighted by molar-refractivity contribution is 7.93. The molecular weight excluding hydrogens is 168 g/mol. The van der Waals surface area contributed by atoms with Crippen LogP contribution in [0.3, 0.4) is 0 Å². The summed E-state index contributed by atoms with van der Waals surface area (Å²) in [5, 5.41) is 0. The molecule has 0 heterocycles. The first-order valence-electron chi connectivity index (χ1n) is 3.74. The maximum atomic E-state index is 4.90. The van der Waals surface area contributed by atoms with Gasteiger partial charge in [-0.1, -0.05) is 36.9 Å². The van der Waals surface area contributed by atoms with E-state index in [1.54, 1.807) is 7.11 Å².